The summed E-state index contributed by atoms with van der Waals surface area (Å²) in [6, 6.07) is 14.9. The number of aldehydes is 1. The largest absolute Gasteiger partial charge is 0.508 e. The van der Waals surface area contributed by atoms with Crippen molar-refractivity contribution in [3.63, 3.8) is 0 Å². The Bertz CT molecular complexity index is 854. The van der Waals surface area contributed by atoms with Crippen LogP contribution in [0.5, 0.6) is 11.5 Å². The van der Waals surface area contributed by atoms with E-state index in [2.05, 4.69) is 28.1 Å². The predicted octanol–water partition coefficient (Wildman–Crippen LogP) is 2.93. The number of piperazine rings is 1. The first-order valence-electron chi connectivity index (χ1n) is 11.8. The van der Waals surface area contributed by atoms with E-state index in [0.29, 0.717) is 11.7 Å². The molecule has 2 saturated heterocycles. The summed E-state index contributed by atoms with van der Waals surface area (Å²) in [5.74, 6) is 1.49. The second kappa shape index (κ2) is 14.8. The maximum Gasteiger partial charge on any atom is 0.209 e. The summed E-state index contributed by atoms with van der Waals surface area (Å²) in [6.07, 6.45) is 3.07. The van der Waals surface area contributed by atoms with E-state index in [9.17, 15) is 9.59 Å². The lowest BCUT2D eigenvalue weighted by molar-refractivity contribution is -0.118. The molecule has 2 fully saturated rings. The van der Waals surface area contributed by atoms with Gasteiger partial charge in [0.15, 0.2) is 0 Å². The van der Waals surface area contributed by atoms with Crippen LogP contribution in [0.15, 0.2) is 48.5 Å². The van der Waals surface area contributed by atoms with Crippen LogP contribution in [-0.2, 0) is 9.59 Å². The second-order valence-electron chi connectivity index (χ2n) is 8.20. The number of aromatic hydroxyl groups is 1. The van der Waals surface area contributed by atoms with Crippen LogP contribution >= 0.6 is 0 Å². The van der Waals surface area contributed by atoms with Crippen molar-refractivity contribution in [3.05, 3.63) is 48.5 Å². The van der Waals surface area contributed by atoms with Crippen molar-refractivity contribution < 1.29 is 19.4 Å². The third-order valence-corrected chi connectivity index (χ3v) is 5.99. The fraction of sp³-hybridized carbons (Fsp3) is 0.462. The fourth-order valence-corrected chi connectivity index (χ4v) is 3.78. The number of anilines is 2. The summed E-state index contributed by atoms with van der Waals surface area (Å²) in [5.41, 5.74) is 2.16. The van der Waals surface area contributed by atoms with Crippen LogP contribution in [0, 0.1) is 5.92 Å². The first kappa shape index (κ1) is 27.0. The summed E-state index contributed by atoms with van der Waals surface area (Å²) >= 11 is 0. The van der Waals surface area contributed by atoms with Crippen LogP contribution < -0.4 is 15.0 Å². The number of benzene rings is 2. The maximum atomic E-state index is 10.6. The summed E-state index contributed by atoms with van der Waals surface area (Å²) in [5, 5.41) is 11.8. The molecule has 2 heterocycles. The van der Waals surface area contributed by atoms with Crippen LogP contribution in [0.3, 0.4) is 0 Å². The van der Waals surface area contributed by atoms with E-state index < -0.39 is 0 Å². The van der Waals surface area contributed by atoms with Crippen molar-refractivity contribution in [1.29, 1.82) is 0 Å². The maximum absolute atomic E-state index is 10.6. The summed E-state index contributed by atoms with van der Waals surface area (Å²) in [6.45, 7) is 8.66. The van der Waals surface area contributed by atoms with Gasteiger partial charge in [-0.2, -0.15) is 0 Å². The normalized spacial score (nSPS) is 17.6. The number of likely N-dealkylation sites (tertiary alicyclic amines) is 1. The number of nitrogens with one attached hydrogen (secondary N) is 1. The first-order chi connectivity index (χ1) is 16.5. The third-order valence-electron chi connectivity index (χ3n) is 5.99. The van der Waals surface area contributed by atoms with E-state index in [-0.39, 0.29) is 0 Å². The van der Waals surface area contributed by atoms with Gasteiger partial charge in [-0.05, 0) is 55.9 Å². The van der Waals surface area contributed by atoms with Crippen LogP contribution in [0.25, 0.3) is 0 Å². The van der Waals surface area contributed by atoms with Gasteiger partial charge in [0.2, 0.25) is 6.41 Å². The number of carbonyl (C=O) groups excluding carboxylic acids is 2. The highest BCUT2D eigenvalue weighted by molar-refractivity contribution is 5.54. The van der Waals surface area contributed by atoms with E-state index in [1.54, 1.807) is 24.1 Å². The predicted molar refractivity (Wildman–Crippen MR) is 137 cm³/mol. The number of phenols is 1. The lowest BCUT2D eigenvalue weighted by Gasteiger charge is -2.34. The summed E-state index contributed by atoms with van der Waals surface area (Å²) < 4.78 is 5.19. The Morgan fingerprint density at radius 3 is 2.26 bits per heavy atom. The Morgan fingerprint density at radius 1 is 1.06 bits per heavy atom. The zero-order valence-corrected chi connectivity index (χ0v) is 20.5. The van der Waals surface area contributed by atoms with Crippen molar-refractivity contribution in [2.24, 2.45) is 5.92 Å². The molecule has 2 aliphatic heterocycles. The topological polar surface area (TPSA) is 85.3 Å². The molecule has 0 spiro atoms. The fourth-order valence-electron chi connectivity index (χ4n) is 3.78. The highest BCUT2D eigenvalue weighted by Crippen LogP contribution is 2.21. The molecule has 1 amide bonds. The standard InChI is InChI=1S/C12H16N2O2.C7H9NO.C7H13NO/c1-16-12-4-2-3-11(9-12)14-7-5-13(10-15)6-8-14;1-8-6-2-4-7(9)5-3-6;1-2-8-4-3-7(5-8)6-9/h2-4,9-10H,5-8H2,1H3;2-5,8-9H,1H3;6-7H,2-5H2,1H3. The molecule has 0 aliphatic carbocycles. The molecule has 1 unspecified atom stereocenters. The molecular weight excluding hydrogens is 432 g/mol. The van der Waals surface area contributed by atoms with E-state index in [4.69, 9.17) is 9.84 Å². The minimum atomic E-state index is 0.300. The number of amides is 1. The number of hydrogen-bond acceptors (Lipinski definition) is 7. The minimum Gasteiger partial charge on any atom is -0.508 e. The Morgan fingerprint density at radius 2 is 1.76 bits per heavy atom. The zero-order valence-electron chi connectivity index (χ0n) is 20.5. The molecule has 0 bridgehead atoms. The first-order valence-corrected chi connectivity index (χ1v) is 11.8. The Kier molecular flexibility index (Phi) is 11.7. The molecule has 2 aromatic rings. The number of hydrogen-bond donors (Lipinski definition) is 2. The van der Waals surface area contributed by atoms with Gasteiger partial charge < -0.3 is 34.7 Å². The van der Waals surface area contributed by atoms with Gasteiger partial charge >= 0.3 is 0 Å². The van der Waals surface area contributed by atoms with E-state index >= 15 is 0 Å². The lowest BCUT2D eigenvalue weighted by atomic mass is 10.1. The van der Waals surface area contributed by atoms with Gasteiger partial charge in [-0.1, -0.05) is 13.0 Å². The van der Waals surface area contributed by atoms with Crippen LogP contribution in [0.1, 0.15) is 13.3 Å². The molecule has 8 heteroatoms. The van der Waals surface area contributed by atoms with E-state index in [0.717, 1.165) is 82.1 Å². The van der Waals surface area contributed by atoms with Crippen LogP contribution in [-0.4, -0.2) is 87.6 Å². The highest BCUT2D eigenvalue weighted by Gasteiger charge is 2.19. The van der Waals surface area contributed by atoms with E-state index in [1.807, 2.05) is 37.4 Å². The average Bonchev–Trinajstić information content (AvgIpc) is 3.38. The second-order valence-corrected chi connectivity index (χ2v) is 8.20. The molecule has 1 atom stereocenters. The molecular formula is C26H38N4O4. The molecule has 8 nitrogen and oxygen atoms in total. The van der Waals surface area contributed by atoms with Crippen molar-refractivity contribution >= 4 is 24.1 Å². The van der Waals surface area contributed by atoms with Crippen LogP contribution in [0.4, 0.5) is 11.4 Å². The van der Waals surface area contributed by atoms with Gasteiger partial charge in [0.1, 0.15) is 17.8 Å². The zero-order chi connectivity index (χ0) is 24.8. The number of rotatable bonds is 6. The number of methoxy groups -OCH3 is 1. The molecule has 4 rings (SSSR count). The molecule has 0 aromatic heterocycles. The Hall–Kier alpha value is -3.26. The lowest BCUT2D eigenvalue weighted by Crippen LogP contribution is -2.45. The molecule has 34 heavy (non-hydrogen) atoms. The quantitative estimate of drug-likeness (QED) is 0.496. The molecule has 2 aromatic carbocycles. The Balaban J connectivity index is 0.000000194. The van der Waals surface area contributed by atoms with Crippen molar-refractivity contribution in [1.82, 2.24) is 9.80 Å². The molecule has 2 N–H and O–H groups in total. The third kappa shape index (κ3) is 8.94. The highest BCUT2D eigenvalue weighted by atomic mass is 16.5. The monoisotopic (exact) mass is 470 g/mol. The van der Waals surface area contributed by atoms with Gasteiger partial charge in [-0.25, -0.2) is 0 Å². The number of phenolic OH excluding ortho intramolecular Hbond substituents is 1. The summed E-state index contributed by atoms with van der Waals surface area (Å²) in [7, 11) is 3.51. The minimum absolute atomic E-state index is 0.300. The number of nitrogens with zero attached hydrogens (tertiary/aromatic N) is 3. The molecule has 0 saturated carbocycles. The average molecular weight is 471 g/mol. The van der Waals surface area contributed by atoms with Crippen molar-refractivity contribution in [3.8, 4) is 11.5 Å². The van der Waals surface area contributed by atoms with Gasteiger partial charge in [0.05, 0.1) is 7.11 Å². The van der Waals surface area contributed by atoms with Gasteiger partial charge in [0, 0.05) is 63.1 Å². The van der Waals surface area contributed by atoms with E-state index in [1.165, 1.54) is 0 Å². The smallest absolute Gasteiger partial charge is 0.209 e. The molecule has 0 radical (unpaired) electrons. The van der Waals surface area contributed by atoms with Crippen molar-refractivity contribution in [2.45, 2.75) is 13.3 Å². The van der Waals surface area contributed by atoms with Crippen molar-refractivity contribution in [2.75, 3.05) is 70.2 Å². The number of carbonyl (C=O) groups is 2. The van der Waals surface area contributed by atoms with Gasteiger partial charge in [0.25, 0.3) is 0 Å². The van der Waals surface area contributed by atoms with Gasteiger partial charge in [-0.3, -0.25) is 4.79 Å². The SMILES string of the molecule is CCN1CCC(C=O)C1.CNc1ccc(O)cc1.COc1cccc(N2CCN(C=O)CC2)c1. The van der Waals surface area contributed by atoms with Crippen LogP contribution in [0.2, 0.25) is 0 Å². The molecule has 186 valence electrons. The Labute approximate surface area is 203 Å². The number of ether oxygens (including phenoxy) is 1. The molecule has 2 aliphatic rings. The summed E-state index contributed by atoms with van der Waals surface area (Å²) in [4.78, 5) is 27.2. The van der Waals surface area contributed by atoms with Gasteiger partial charge in [-0.15, -0.1) is 0 Å².